The Bertz CT molecular complexity index is 485. The van der Waals surface area contributed by atoms with Crippen LogP contribution in [0.2, 0.25) is 0 Å². The molecule has 1 heterocycles. The van der Waals surface area contributed by atoms with Crippen molar-refractivity contribution in [3.8, 4) is 0 Å². The number of hydrogen-bond acceptors (Lipinski definition) is 3. The van der Waals surface area contributed by atoms with Crippen LogP contribution in [0.5, 0.6) is 0 Å². The number of aliphatic hydroxyl groups is 1. The Morgan fingerprint density at radius 2 is 1.89 bits per heavy atom. The average Bonchev–Trinajstić information content (AvgIpc) is 2.41. The molecule has 1 aliphatic rings. The third-order valence-corrected chi connectivity index (χ3v) is 3.76. The summed E-state index contributed by atoms with van der Waals surface area (Å²) < 4.78 is 0.727. The number of benzene rings is 1. The molecule has 102 valence electrons. The van der Waals surface area contributed by atoms with Crippen molar-refractivity contribution in [3.63, 3.8) is 0 Å². The number of hydrogen-bond donors (Lipinski definition) is 2. The van der Waals surface area contributed by atoms with E-state index in [0.29, 0.717) is 31.6 Å². The molecular formula is C13H15BrN2O3. The van der Waals surface area contributed by atoms with Crippen molar-refractivity contribution in [2.24, 2.45) is 0 Å². The van der Waals surface area contributed by atoms with Crippen molar-refractivity contribution in [1.29, 1.82) is 0 Å². The highest BCUT2D eigenvalue weighted by molar-refractivity contribution is 9.10. The van der Waals surface area contributed by atoms with Crippen molar-refractivity contribution >= 4 is 33.4 Å². The summed E-state index contributed by atoms with van der Waals surface area (Å²) in [6.07, 6.45) is 0.678. The topological polar surface area (TPSA) is 69.6 Å². The zero-order valence-electron chi connectivity index (χ0n) is 10.3. The number of carbonyl (C=O) groups excluding carboxylic acids is 2. The van der Waals surface area contributed by atoms with Gasteiger partial charge in [0.15, 0.2) is 0 Å². The quantitative estimate of drug-likeness (QED) is 0.766. The smallest absolute Gasteiger partial charge is 0.313 e. The third-order valence-electron chi connectivity index (χ3n) is 3.07. The van der Waals surface area contributed by atoms with Gasteiger partial charge in [0.2, 0.25) is 0 Å². The van der Waals surface area contributed by atoms with Gasteiger partial charge in [-0.05, 0) is 40.9 Å². The van der Waals surface area contributed by atoms with Crippen LogP contribution in [0.1, 0.15) is 12.8 Å². The normalized spacial score (nSPS) is 16.2. The summed E-state index contributed by atoms with van der Waals surface area (Å²) in [4.78, 5) is 25.3. The highest BCUT2D eigenvalue weighted by atomic mass is 79.9. The molecule has 1 fully saturated rings. The Balaban J connectivity index is 1.96. The lowest BCUT2D eigenvalue weighted by atomic mass is 10.1. The van der Waals surface area contributed by atoms with Crippen LogP contribution < -0.4 is 5.32 Å². The fourth-order valence-electron chi connectivity index (χ4n) is 1.95. The van der Waals surface area contributed by atoms with Gasteiger partial charge in [0.25, 0.3) is 0 Å². The second-order valence-electron chi connectivity index (χ2n) is 4.46. The van der Waals surface area contributed by atoms with E-state index in [0.717, 1.165) is 4.47 Å². The fraction of sp³-hybridized carbons (Fsp3) is 0.385. The van der Waals surface area contributed by atoms with Crippen LogP contribution in [0.3, 0.4) is 0 Å². The molecule has 0 saturated carbocycles. The van der Waals surface area contributed by atoms with Gasteiger partial charge < -0.3 is 15.3 Å². The number of rotatable bonds is 1. The molecule has 0 radical (unpaired) electrons. The van der Waals surface area contributed by atoms with E-state index in [2.05, 4.69) is 21.2 Å². The van der Waals surface area contributed by atoms with Gasteiger partial charge in [0.1, 0.15) is 0 Å². The molecule has 0 unspecified atom stereocenters. The van der Waals surface area contributed by atoms with Gasteiger partial charge in [0.05, 0.1) is 11.8 Å². The Kier molecular flexibility index (Phi) is 4.55. The van der Waals surface area contributed by atoms with Crippen LogP contribution in [0, 0.1) is 0 Å². The average molecular weight is 327 g/mol. The predicted molar refractivity (Wildman–Crippen MR) is 74.6 cm³/mol. The number of carbonyl (C=O) groups is 2. The summed E-state index contributed by atoms with van der Waals surface area (Å²) >= 11 is 3.31. The number of halogens is 1. The standard InChI is InChI=1S/C13H15BrN2O3/c14-10-3-1-2-4-11(10)15-12(18)13(19)16-7-5-9(17)6-8-16/h1-4,9,17H,5-8H2,(H,15,18). The molecule has 0 aliphatic carbocycles. The summed E-state index contributed by atoms with van der Waals surface area (Å²) in [6, 6.07) is 7.11. The number of nitrogens with zero attached hydrogens (tertiary/aromatic N) is 1. The molecule has 5 nitrogen and oxygen atoms in total. The summed E-state index contributed by atoms with van der Waals surface area (Å²) in [5.41, 5.74) is 0.567. The lowest BCUT2D eigenvalue weighted by Gasteiger charge is -2.28. The Morgan fingerprint density at radius 3 is 2.53 bits per heavy atom. The molecule has 2 amide bonds. The summed E-state index contributed by atoms with van der Waals surface area (Å²) in [6.45, 7) is 0.840. The van der Waals surface area contributed by atoms with Crippen LogP contribution >= 0.6 is 15.9 Å². The minimum absolute atomic E-state index is 0.365. The monoisotopic (exact) mass is 326 g/mol. The first kappa shape index (κ1) is 14.0. The Morgan fingerprint density at radius 1 is 1.26 bits per heavy atom. The molecule has 0 aromatic heterocycles. The zero-order chi connectivity index (χ0) is 13.8. The van der Waals surface area contributed by atoms with E-state index < -0.39 is 11.8 Å². The SMILES string of the molecule is O=C(Nc1ccccc1Br)C(=O)N1CCC(O)CC1. The second kappa shape index (κ2) is 6.16. The van der Waals surface area contributed by atoms with Crippen LogP contribution in [0.25, 0.3) is 0 Å². The molecule has 1 aromatic rings. The van der Waals surface area contributed by atoms with Crippen LogP contribution in [0.15, 0.2) is 28.7 Å². The number of amides is 2. The lowest BCUT2D eigenvalue weighted by molar-refractivity contribution is -0.144. The zero-order valence-corrected chi connectivity index (χ0v) is 11.9. The predicted octanol–water partition coefficient (Wildman–Crippen LogP) is 1.37. The van der Waals surface area contributed by atoms with Gasteiger partial charge in [-0.25, -0.2) is 0 Å². The molecule has 19 heavy (non-hydrogen) atoms. The molecule has 1 aliphatic heterocycles. The Hall–Kier alpha value is -1.40. The van der Waals surface area contributed by atoms with Crippen molar-refractivity contribution < 1.29 is 14.7 Å². The van der Waals surface area contributed by atoms with E-state index in [4.69, 9.17) is 0 Å². The molecule has 1 aromatic carbocycles. The Labute approximate surface area is 119 Å². The van der Waals surface area contributed by atoms with E-state index in [-0.39, 0.29) is 6.10 Å². The molecular weight excluding hydrogens is 312 g/mol. The number of para-hydroxylation sites is 1. The molecule has 6 heteroatoms. The lowest BCUT2D eigenvalue weighted by Crippen LogP contribution is -2.45. The van der Waals surface area contributed by atoms with E-state index in [9.17, 15) is 14.7 Å². The van der Waals surface area contributed by atoms with E-state index in [1.807, 2.05) is 6.07 Å². The van der Waals surface area contributed by atoms with Crippen molar-refractivity contribution in [1.82, 2.24) is 4.90 Å². The molecule has 0 bridgehead atoms. The van der Waals surface area contributed by atoms with Gasteiger partial charge in [-0.2, -0.15) is 0 Å². The first-order valence-electron chi connectivity index (χ1n) is 6.11. The second-order valence-corrected chi connectivity index (χ2v) is 5.31. The highest BCUT2D eigenvalue weighted by Gasteiger charge is 2.26. The highest BCUT2D eigenvalue weighted by Crippen LogP contribution is 2.21. The fourth-order valence-corrected chi connectivity index (χ4v) is 2.33. The number of piperidine rings is 1. The van der Waals surface area contributed by atoms with Gasteiger partial charge in [-0.1, -0.05) is 12.1 Å². The maximum Gasteiger partial charge on any atom is 0.313 e. The van der Waals surface area contributed by atoms with Crippen LogP contribution in [-0.2, 0) is 9.59 Å². The van der Waals surface area contributed by atoms with E-state index >= 15 is 0 Å². The van der Waals surface area contributed by atoms with Gasteiger partial charge in [0, 0.05) is 17.6 Å². The molecule has 1 saturated heterocycles. The largest absolute Gasteiger partial charge is 0.393 e. The molecule has 0 spiro atoms. The van der Waals surface area contributed by atoms with Gasteiger partial charge >= 0.3 is 11.8 Å². The maximum atomic E-state index is 11.9. The maximum absolute atomic E-state index is 11.9. The van der Waals surface area contributed by atoms with Gasteiger partial charge in [-0.3, -0.25) is 9.59 Å². The van der Waals surface area contributed by atoms with Crippen LogP contribution in [0.4, 0.5) is 5.69 Å². The first-order chi connectivity index (χ1) is 9.08. The molecule has 2 rings (SSSR count). The van der Waals surface area contributed by atoms with Gasteiger partial charge in [-0.15, -0.1) is 0 Å². The molecule has 0 atom stereocenters. The third kappa shape index (κ3) is 3.54. The summed E-state index contributed by atoms with van der Waals surface area (Å²) in [7, 11) is 0. The minimum Gasteiger partial charge on any atom is -0.393 e. The van der Waals surface area contributed by atoms with Crippen molar-refractivity contribution in [3.05, 3.63) is 28.7 Å². The van der Waals surface area contributed by atoms with Crippen LogP contribution in [-0.4, -0.2) is 41.0 Å². The van der Waals surface area contributed by atoms with E-state index in [1.165, 1.54) is 4.90 Å². The van der Waals surface area contributed by atoms with E-state index in [1.54, 1.807) is 18.2 Å². The van der Waals surface area contributed by atoms with Crippen molar-refractivity contribution in [2.75, 3.05) is 18.4 Å². The number of nitrogens with one attached hydrogen (secondary N) is 1. The van der Waals surface area contributed by atoms with Crippen molar-refractivity contribution in [2.45, 2.75) is 18.9 Å². The molecule has 2 N–H and O–H groups in total. The first-order valence-corrected chi connectivity index (χ1v) is 6.90. The minimum atomic E-state index is -0.650. The number of anilines is 1. The number of likely N-dealkylation sites (tertiary alicyclic amines) is 1. The number of aliphatic hydroxyl groups excluding tert-OH is 1. The summed E-state index contributed by atoms with van der Waals surface area (Å²) in [5.74, 6) is -1.20. The summed E-state index contributed by atoms with van der Waals surface area (Å²) in [5, 5.41) is 12.0.